The van der Waals surface area contributed by atoms with E-state index in [0.29, 0.717) is 39.0 Å². The van der Waals surface area contributed by atoms with Crippen LogP contribution in [0, 0.1) is 3.57 Å². The van der Waals surface area contributed by atoms with E-state index in [2.05, 4.69) is 48.5 Å². The van der Waals surface area contributed by atoms with Crippen LogP contribution >= 0.6 is 34.8 Å². The average Bonchev–Trinajstić information content (AvgIpc) is 2.91. The molecule has 0 bridgehead atoms. The summed E-state index contributed by atoms with van der Waals surface area (Å²) in [5, 5.41) is 10.4. The first kappa shape index (κ1) is 29.8. The molecule has 1 aliphatic rings. The Bertz CT molecular complexity index is 1310. The van der Waals surface area contributed by atoms with Gasteiger partial charge in [0.1, 0.15) is 11.5 Å². The van der Waals surface area contributed by atoms with Crippen molar-refractivity contribution in [1.82, 2.24) is 16.1 Å². The number of nitrogens with one attached hydrogen (secondary N) is 3. The number of hydrogen-bond acceptors (Lipinski definition) is 9. The minimum atomic E-state index is -0.628. The van der Waals surface area contributed by atoms with Gasteiger partial charge in [-0.3, -0.25) is 4.79 Å². The van der Waals surface area contributed by atoms with Gasteiger partial charge in [0.2, 0.25) is 0 Å². The minimum absolute atomic E-state index is 0.195. The molecule has 2 aromatic rings. The zero-order valence-corrected chi connectivity index (χ0v) is 24.4. The molecular weight excluding hydrogens is 639 g/mol. The molecule has 11 nitrogen and oxygen atoms in total. The second kappa shape index (κ2) is 14.4. The van der Waals surface area contributed by atoms with Crippen LogP contribution in [0.15, 0.2) is 58.8 Å². The van der Waals surface area contributed by atoms with Crippen LogP contribution in [-0.4, -0.2) is 56.1 Å². The number of para-hydroxylation sites is 1. The van der Waals surface area contributed by atoms with Gasteiger partial charge in [0, 0.05) is 11.3 Å². The van der Waals surface area contributed by atoms with E-state index in [1.165, 1.54) is 13.3 Å². The van der Waals surface area contributed by atoms with Gasteiger partial charge in [-0.1, -0.05) is 18.2 Å². The van der Waals surface area contributed by atoms with Crippen LogP contribution in [0.1, 0.15) is 31.0 Å². The van der Waals surface area contributed by atoms with Gasteiger partial charge in [-0.2, -0.15) is 5.10 Å². The number of carbonyl (C=O) groups excluding carboxylic acids is 3. The van der Waals surface area contributed by atoms with Crippen LogP contribution in [0.5, 0.6) is 11.5 Å². The summed E-state index contributed by atoms with van der Waals surface area (Å²) in [7, 11) is 1.29. The van der Waals surface area contributed by atoms with E-state index in [1.54, 1.807) is 56.3 Å². The molecule has 206 valence electrons. The number of thiocarbonyl (C=S) groups is 1. The lowest BCUT2D eigenvalue weighted by atomic mass is 9.95. The number of allylic oxidation sites excluding steroid dienone is 1. The smallest absolute Gasteiger partial charge is 0.343 e. The first-order chi connectivity index (χ1) is 18.7. The van der Waals surface area contributed by atoms with E-state index in [0.717, 1.165) is 3.57 Å². The van der Waals surface area contributed by atoms with Crippen molar-refractivity contribution in [3.63, 3.8) is 0 Å². The zero-order chi connectivity index (χ0) is 28.4. The quantitative estimate of drug-likeness (QED) is 0.108. The molecular formula is C26H27IN4O7S. The first-order valence-electron chi connectivity index (χ1n) is 11.7. The highest BCUT2D eigenvalue weighted by Gasteiger charge is 2.32. The van der Waals surface area contributed by atoms with Crippen LogP contribution in [0.3, 0.4) is 0 Å². The van der Waals surface area contributed by atoms with Gasteiger partial charge < -0.3 is 29.6 Å². The number of esters is 2. The molecule has 3 rings (SSSR count). The summed E-state index contributed by atoms with van der Waals surface area (Å²) in [4.78, 5) is 36.3. The molecule has 0 radical (unpaired) electrons. The zero-order valence-electron chi connectivity index (χ0n) is 21.4. The summed E-state index contributed by atoms with van der Waals surface area (Å²) in [6.07, 6.45) is 1.47. The first-order valence-corrected chi connectivity index (χ1v) is 13.2. The van der Waals surface area contributed by atoms with E-state index in [-0.39, 0.29) is 19.8 Å². The van der Waals surface area contributed by atoms with Gasteiger partial charge in [0.25, 0.3) is 5.91 Å². The predicted octanol–water partition coefficient (Wildman–Crippen LogP) is 2.73. The van der Waals surface area contributed by atoms with E-state index in [1.807, 2.05) is 0 Å². The van der Waals surface area contributed by atoms with Crippen molar-refractivity contribution < 1.29 is 33.3 Å². The van der Waals surface area contributed by atoms with Gasteiger partial charge in [-0.25, -0.2) is 15.0 Å². The van der Waals surface area contributed by atoms with Crippen LogP contribution in [0.2, 0.25) is 0 Å². The third-order valence-corrected chi connectivity index (χ3v) is 6.35. The van der Waals surface area contributed by atoms with Crippen LogP contribution < -0.4 is 25.5 Å². The van der Waals surface area contributed by atoms with E-state index >= 15 is 0 Å². The fourth-order valence-corrected chi connectivity index (χ4v) is 4.49. The third-order valence-electron chi connectivity index (χ3n) is 5.29. The van der Waals surface area contributed by atoms with Gasteiger partial charge >= 0.3 is 11.9 Å². The Kier molecular flexibility index (Phi) is 11.0. The number of halogens is 1. The molecule has 1 aliphatic heterocycles. The summed E-state index contributed by atoms with van der Waals surface area (Å²) < 4.78 is 21.7. The third kappa shape index (κ3) is 8.38. The number of hydrazone groups is 1. The topological polar surface area (TPSA) is 137 Å². The van der Waals surface area contributed by atoms with Crippen molar-refractivity contribution >= 4 is 64.0 Å². The Morgan fingerprint density at radius 2 is 1.87 bits per heavy atom. The number of hydrogen-bond donors (Lipinski definition) is 3. The number of carbonyl (C=O) groups is 3. The molecule has 39 heavy (non-hydrogen) atoms. The lowest BCUT2D eigenvalue weighted by Crippen LogP contribution is -2.45. The molecule has 1 amide bonds. The maximum Gasteiger partial charge on any atom is 0.343 e. The van der Waals surface area contributed by atoms with Crippen LogP contribution in [0.25, 0.3) is 0 Å². The summed E-state index contributed by atoms with van der Waals surface area (Å²) in [6.45, 7) is 3.18. The number of benzene rings is 2. The summed E-state index contributed by atoms with van der Waals surface area (Å²) in [6, 6.07) is 11.6. The maximum atomic E-state index is 12.7. The van der Waals surface area contributed by atoms with Crippen LogP contribution in [-0.2, 0) is 23.9 Å². The number of nitrogens with zero attached hydrogens (tertiary/aromatic N) is 1. The lowest BCUT2D eigenvalue weighted by molar-refractivity contribution is -0.143. The van der Waals surface area contributed by atoms with Crippen molar-refractivity contribution in [3.05, 3.63) is 68.4 Å². The number of methoxy groups -OCH3 is 1. The Morgan fingerprint density at radius 3 is 2.59 bits per heavy atom. The molecule has 1 heterocycles. The fraction of sp³-hybridized carbons (Fsp3) is 0.269. The normalized spacial score (nSPS) is 14.8. The summed E-state index contributed by atoms with van der Waals surface area (Å²) in [5.41, 5.74) is 4.68. The predicted molar refractivity (Wildman–Crippen MR) is 155 cm³/mol. The molecule has 0 fully saturated rings. The van der Waals surface area contributed by atoms with E-state index < -0.39 is 23.9 Å². The second-order valence-electron chi connectivity index (χ2n) is 7.96. The molecule has 13 heteroatoms. The standard InChI is InChI=1S/C26H27IN4O7S/c1-4-36-25(34)23-15(2)29-26(39)30-24(23)17-7-5-6-8-19(17)37-13-21(32)31-28-12-16-9-10-20(18(27)11-16)38-14-22(33)35-3/h5-12,24H,4,13-14H2,1-3H3,(H,31,32)(H2,29,30,39)/t24-/m0/s1. The van der Waals surface area contributed by atoms with Gasteiger partial charge in [0.05, 0.1) is 35.1 Å². The van der Waals surface area contributed by atoms with Crippen molar-refractivity contribution in [3.8, 4) is 11.5 Å². The largest absolute Gasteiger partial charge is 0.483 e. The molecule has 0 saturated carbocycles. The summed E-state index contributed by atoms with van der Waals surface area (Å²) in [5.74, 6) is -0.535. The highest BCUT2D eigenvalue weighted by atomic mass is 127. The molecule has 0 aromatic heterocycles. The molecule has 3 N–H and O–H groups in total. The van der Waals surface area contributed by atoms with Gasteiger partial charge in [0.15, 0.2) is 18.3 Å². The summed E-state index contributed by atoms with van der Waals surface area (Å²) >= 11 is 7.36. The highest BCUT2D eigenvalue weighted by molar-refractivity contribution is 14.1. The number of rotatable bonds is 11. The highest BCUT2D eigenvalue weighted by Crippen LogP contribution is 2.33. The fourth-order valence-electron chi connectivity index (χ4n) is 3.52. The molecule has 0 aliphatic carbocycles. The average molecular weight is 666 g/mol. The molecule has 1 atom stereocenters. The Hall–Kier alpha value is -3.72. The second-order valence-corrected chi connectivity index (χ2v) is 9.54. The monoisotopic (exact) mass is 666 g/mol. The minimum Gasteiger partial charge on any atom is -0.483 e. The van der Waals surface area contributed by atoms with Crippen molar-refractivity contribution in [1.29, 1.82) is 0 Å². The Morgan fingerprint density at radius 1 is 1.13 bits per heavy atom. The Balaban J connectivity index is 1.63. The van der Waals surface area contributed by atoms with Crippen molar-refractivity contribution in [2.24, 2.45) is 5.10 Å². The Labute approximate surface area is 244 Å². The molecule has 0 saturated heterocycles. The molecule has 0 unspecified atom stereocenters. The van der Waals surface area contributed by atoms with E-state index in [9.17, 15) is 14.4 Å². The number of ether oxygens (including phenoxy) is 4. The molecule has 2 aromatic carbocycles. The van der Waals surface area contributed by atoms with Crippen LogP contribution in [0.4, 0.5) is 0 Å². The van der Waals surface area contributed by atoms with Crippen molar-refractivity contribution in [2.45, 2.75) is 19.9 Å². The maximum absolute atomic E-state index is 12.7. The lowest BCUT2D eigenvalue weighted by Gasteiger charge is -2.30. The number of amides is 1. The van der Waals surface area contributed by atoms with Gasteiger partial charge in [-0.15, -0.1) is 0 Å². The molecule has 0 spiro atoms. The van der Waals surface area contributed by atoms with Gasteiger partial charge in [-0.05, 0) is 78.5 Å². The SMILES string of the molecule is CCOC(=O)C1=C(C)NC(=S)N[C@H]1c1ccccc1OCC(=O)NN=Cc1ccc(OCC(=O)OC)c(I)c1. The van der Waals surface area contributed by atoms with E-state index in [4.69, 9.17) is 26.4 Å². The van der Waals surface area contributed by atoms with Crippen molar-refractivity contribution in [2.75, 3.05) is 26.9 Å².